The van der Waals surface area contributed by atoms with Gasteiger partial charge in [-0.3, -0.25) is 0 Å². The Morgan fingerprint density at radius 2 is 2.19 bits per heavy atom. The maximum atomic E-state index is 6.21. The molecule has 3 heteroatoms. The molecule has 2 unspecified atom stereocenters. The van der Waals surface area contributed by atoms with Crippen LogP contribution in [0.1, 0.15) is 49.8 Å². The third kappa shape index (κ3) is 5.42. The van der Waals surface area contributed by atoms with Crippen molar-refractivity contribution in [3.8, 4) is 0 Å². The van der Waals surface area contributed by atoms with Gasteiger partial charge in [-0.15, -0.1) is 0 Å². The van der Waals surface area contributed by atoms with E-state index in [0.717, 1.165) is 32.5 Å². The third-order valence-corrected chi connectivity index (χ3v) is 4.05. The molecule has 1 heterocycles. The van der Waals surface area contributed by atoms with Crippen LogP contribution in [0.4, 0.5) is 0 Å². The summed E-state index contributed by atoms with van der Waals surface area (Å²) in [5, 5.41) is 3.48. The molecule has 0 amide bonds. The predicted octanol–water partition coefficient (Wildman–Crippen LogP) is 3.62. The lowest BCUT2D eigenvalue weighted by Crippen LogP contribution is -2.29. The van der Waals surface area contributed by atoms with E-state index in [0.29, 0.717) is 6.61 Å². The largest absolute Gasteiger partial charge is 0.376 e. The first kappa shape index (κ1) is 16.5. The van der Waals surface area contributed by atoms with E-state index in [1.54, 1.807) is 0 Å². The summed E-state index contributed by atoms with van der Waals surface area (Å²) in [6, 6.07) is 8.51. The number of rotatable bonds is 8. The third-order valence-electron chi connectivity index (χ3n) is 4.05. The Morgan fingerprint density at radius 1 is 1.33 bits per heavy atom. The van der Waals surface area contributed by atoms with Crippen LogP contribution in [-0.2, 0) is 9.47 Å². The van der Waals surface area contributed by atoms with Gasteiger partial charge in [-0.2, -0.15) is 0 Å². The number of hydrogen-bond donors (Lipinski definition) is 1. The molecule has 0 radical (unpaired) electrons. The molecule has 21 heavy (non-hydrogen) atoms. The molecule has 2 atom stereocenters. The molecule has 1 saturated heterocycles. The van der Waals surface area contributed by atoms with Crippen molar-refractivity contribution in [3.05, 3.63) is 35.4 Å². The topological polar surface area (TPSA) is 30.5 Å². The monoisotopic (exact) mass is 291 g/mol. The van der Waals surface area contributed by atoms with Gasteiger partial charge in [-0.25, -0.2) is 0 Å². The van der Waals surface area contributed by atoms with Crippen molar-refractivity contribution < 1.29 is 9.47 Å². The minimum absolute atomic E-state index is 0.114. The number of ether oxygens (including phenoxy) is 2. The first-order chi connectivity index (χ1) is 10.3. The van der Waals surface area contributed by atoms with E-state index in [1.165, 1.54) is 24.0 Å². The number of hydrogen-bond acceptors (Lipinski definition) is 3. The van der Waals surface area contributed by atoms with Gasteiger partial charge in [0, 0.05) is 13.2 Å². The van der Waals surface area contributed by atoms with E-state index in [-0.39, 0.29) is 12.2 Å². The fourth-order valence-corrected chi connectivity index (χ4v) is 2.78. The van der Waals surface area contributed by atoms with Crippen molar-refractivity contribution in [1.82, 2.24) is 5.32 Å². The van der Waals surface area contributed by atoms with Crippen LogP contribution in [0.5, 0.6) is 0 Å². The summed E-state index contributed by atoms with van der Waals surface area (Å²) in [5.41, 5.74) is 2.59. The summed E-state index contributed by atoms with van der Waals surface area (Å²) in [7, 11) is 0. The van der Waals surface area contributed by atoms with E-state index in [4.69, 9.17) is 9.47 Å². The van der Waals surface area contributed by atoms with Gasteiger partial charge in [-0.1, -0.05) is 31.2 Å². The summed E-state index contributed by atoms with van der Waals surface area (Å²) in [6.07, 6.45) is 5.11. The van der Waals surface area contributed by atoms with Gasteiger partial charge in [0.05, 0.1) is 18.8 Å². The minimum atomic E-state index is 0.114. The van der Waals surface area contributed by atoms with E-state index in [9.17, 15) is 0 Å². The van der Waals surface area contributed by atoms with Gasteiger partial charge < -0.3 is 14.8 Å². The molecule has 1 aliphatic heterocycles. The lowest BCUT2D eigenvalue weighted by Gasteiger charge is -2.26. The molecule has 118 valence electrons. The Balaban J connectivity index is 1.93. The molecule has 0 aliphatic carbocycles. The highest BCUT2D eigenvalue weighted by atomic mass is 16.5. The number of aryl methyl sites for hydroxylation is 1. The summed E-state index contributed by atoms with van der Waals surface area (Å²) in [4.78, 5) is 0. The van der Waals surface area contributed by atoms with Gasteiger partial charge in [0.1, 0.15) is 0 Å². The minimum Gasteiger partial charge on any atom is -0.376 e. The second-order valence-electron chi connectivity index (χ2n) is 5.87. The smallest absolute Gasteiger partial charge is 0.0953 e. The van der Waals surface area contributed by atoms with Gasteiger partial charge in [0.25, 0.3) is 0 Å². The quantitative estimate of drug-likeness (QED) is 0.742. The molecular formula is C18H29NO2. The molecule has 1 aromatic carbocycles. The number of nitrogens with one attached hydrogen (secondary N) is 1. The molecule has 1 aliphatic rings. The van der Waals surface area contributed by atoms with Crippen LogP contribution in [0.3, 0.4) is 0 Å². The van der Waals surface area contributed by atoms with Crippen LogP contribution in [0.15, 0.2) is 24.3 Å². The van der Waals surface area contributed by atoms with E-state index in [2.05, 4.69) is 43.4 Å². The molecule has 3 nitrogen and oxygen atoms in total. The highest BCUT2D eigenvalue weighted by Crippen LogP contribution is 2.22. The van der Waals surface area contributed by atoms with Crippen LogP contribution < -0.4 is 5.32 Å². The summed E-state index contributed by atoms with van der Waals surface area (Å²) in [5.74, 6) is 0. The zero-order valence-corrected chi connectivity index (χ0v) is 13.4. The number of benzene rings is 1. The first-order valence-electron chi connectivity index (χ1n) is 8.30. The molecule has 1 N–H and O–H groups in total. The van der Waals surface area contributed by atoms with Gasteiger partial charge in [-0.05, 0) is 50.3 Å². The maximum absolute atomic E-state index is 6.21. The second kappa shape index (κ2) is 9.19. The summed E-state index contributed by atoms with van der Waals surface area (Å²) >= 11 is 0. The van der Waals surface area contributed by atoms with Crippen molar-refractivity contribution in [2.45, 2.75) is 51.7 Å². The van der Waals surface area contributed by atoms with Gasteiger partial charge in [0.15, 0.2) is 0 Å². The van der Waals surface area contributed by atoms with Crippen LogP contribution in [0, 0.1) is 6.92 Å². The van der Waals surface area contributed by atoms with E-state index in [1.807, 2.05) is 0 Å². The lowest BCUT2D eigenvalue weighted by molar-refractivity contribution is -0.0634. The van der Waals surface area contributed by atoms with Crippen molar-refractivity contribution in [3.63, 3.8) is 0 Å². The Hall–Kier alpha value is -0.900. The Labute approximate surface area is 129 Å². The van der Waals surface area contributed by atoms with Crippen molar-refractivity contribution in [1.29, 1.82) is 0 Å². The molecule has 0 bridgehead atoms. The van der Waals surface area contributed by atoms with E-state index >= 15 is 0 Å². The van der Waals surface area contributed by atoms with Crippen LogP contribution in [0.2, 0.25) is 0 Å². The molecule has 0 spiro atoms. The zero-order chi connectivity index (χ0) is 14.9. The molecule has 1 fully saturated rings. The van der Waals surface area contributed by atoms with Crippen LogP contribution in [-0.4, -0.2) is 32.4 Å². The van der Waals surface area contributed by atoms with Crippen LogP contribution >= 0.6 is 0 Å². The Bertz CT molecular complexity index is 402. The summed E-state index contributed by atoms with van der Waals surface area (Å²) in [6.45, 7) is 7.83. The second-order valence-corrected chi connectivity index (χ2v) is 5.87. The molecule has 1 aromatic rings. The predicted molar refractivity (Wildman–Crippen MR) is 86.6 cm³/mol. The average molecular weight is 291 g/mol. The van der Waals surface area contributed by atoms with Crippen LogP contribution in [0.25, 0.3) is 0 Å². The Kier molecular flexibility index (Phi) is 7.20. The zero-order valence-electron chi connectivity index (χ0n) is 13.4. The normalized spacial score (nSPS) is 20.4. The fraction of sp³-hybridized carbons (Fsp3) is 0.667. The SMILES string of the molecule is CCCNCC(OCC1CCCCO1)c1ccccc1C. The Morgan fingerprint density at radius 3 is 2.90 bits per heavy atom. The maximum Gasteiger partial charge on any atom is 0.0953 e. The van der Waals surface area contributed by atoms with Gasteiger partial charge in [0.2, 0.25) is 0 Å². The molecule has 2 rings (SSSR count). The van der Waals surface area contributed by atoms with Crippen molar-refractivity contribution in [2.24, 2.45) is 0 Å². The van der Waals surface area contributed by atoms with Gasteiger partial charge >= 0.3 is 0 Å². The lowest BCUT2D eigenvalue weighted by atomic mass is 10.0. The standard InChI is InChI=1S/C18H29NO2/c1-3-11-19-13-18(17-10-5-4-8-15(17)2)21-14-16-9-6-7-12-20-16/h4-5,8,10,16,18-19H,3,6-7,9,11-14H2,1-2H3. The van der Waals surface area contributed by atoms with Crippen molar-refractivity contribution in [2.75, 3.05) is 26.3 Å². The highest BCUT2D eigenvalue weighted by molar-refractivity contribution is 5.28. The fourth-order valence-electron chi connectivity index (χ4n) is 2.78. The summed E-state index contributed by atoms with van der Waals surface area (Å²) < 4.78 is 12.0. The molecular weight excluding hydrogens is 262 g/mol. The average Bonchev–Trinajstić information content (AvgIpc) is 2.53. The molecule has 0 aromatic heterocycles. The highest BCUT2D eigenvalue weighted by Gasteiger charge is 2.19. The molecule has 0 saturated carbocycles. The van der Waals surface area contributed by atoms with E-state index < -0.39 is 0 Å². The van der Waals surface area contributed by atoms with Crippen molar-refractivity contribution >= 4 is 0 Å². The first-order valence-corrected chi connectivity index (χ1v) is 8.30.